The number of hydrogen-bond acceptors (Lipinski definition) is 2. The molecule has 4 atom stereocenters. The minimum absolute atomic E-state index is 0.0741. The maximum atomic E-state index is 11.1. The van der Waals surface area contributed by atoms with Crippen LogP contribution in [0.3, 0.4) is 0 Å². The van der Waals surface area contributed by atoms with Crippen LogP contribution in [0.25, 0.3) is 0 Å². The third-order valence-corrected chi connectivity index (χ3v) is 4.27. The molecule has 1 saturated carbocycles. The Morgan fingerprint density at radius 3 is 2.57 bits per heavy atom. The summed E-state index contributed by atoms with van der Waals surface area (Å²) < 4.78 is 0. The lowest BCUT2D eigenvalue weighted by molar-refractivity contribution is -0.120. The fourth-order valence-corrected chi connectivity index (χ4v) is 2.96. The number of rotatable bonds is 3. The molecule has 3 nitrogen and oxygen atoms in total. The fraction of sp³-hybridized carbons (Fsp3) is 0.909. The van der Waals surface area contributed by atoms with Gasteiger partial charge in [-0.25, -0.2) is 0 Å². The Hall–Kier alpha value is -0.570. The first-order valence-electron chi connectivity index (χ1n) is 5.54. The summed E-state index contributed by atoms with van der Waals surface area (Å²) in [6, 6.07) is -0.0741. The average Bonchev–Trinajstić information content (AvgIpc) is 2.68. The van der Waals surface area contributed by atoms with Gasteiger partial charge in [0.15, 0.2) is 0 Å². The lowest BCUT2D eigenvalue weighted by Crippen LogP contribution is -2.47. The van der Waals surface area contributed by atoms with E-state index in [1.54, 1.807) is 0 Å². The molecule has 1 amide bonds. The highest BCUT2D eigenvalue weighted by Crippen LogP contribution is 2.57. The van der Waals surface area contributed by atoms with Gasteiger partial charge in [-0.3, -0.25) is 10.1 Å². The van der Waals surface area contributed by atoms with Crippen molar-refractivity contribution in [3.05, 3.63) is 0 Å². The largest absolute Gasteiger partial charge is 0.368 e. The van der Waals surface area contributed by atoms with Gasteiger partial charge in [-0.15, -0.1) is 0 Å². The van der Waals surface area contributed by atoms with Gasteiger partial charge < -0.3 is 5.73 Å². The number of hydrogen-bond donors (Lipinski definition) is 2. The molecule has 14 heavy (non-hydrogen) atoms. The second kappa shape index (κ2) is 2.96. The van der Waals surface area contributed by atoms with Crippen molar-refractivity contribution in [2.24, 2.45) is 23.5 Å². The molecule has 2 aliphatic rings. The Morgan fingerprint density at radius 2 is 2.14 bits per heavy atom. The Labute approximate surface area is 85.4 Å². The summed E-state index contributed by atoms with van der Waals surface area (Å²) in [5.41, 5.74) is 5.56. The van der Waals surface area contributed by atoms with E-state index >= 15 is 0 Å². The van der Waals surface area contributed by atoms with Crippen LogP contribution in [-0.2, 0) is 4.79 Å². The molecule has 0 aromatic carbocycles. The van der Waals surface area contributed by atoms with Crippen LogP contribution in [0.5, 0.6) is 0 Å². The van der Waals surface area contributed by atoms with E-state index in [1.807, 2.05) is 0 Å². The lowest BCUT2D eigenvalue weighted by Gasteiger charge is -2.27. The number of nitrogens with one attached hydrogen (secondary N) is 1. The minimum Gasteiger partial charge on any atom is -0.368 e. The number of nitrogens with two attached hydrogens (primary N) is 1. The number of fused-ring (bicyclic) bond motifs is 1. The van der Waals surface area contributed by atoms with Gasteiger partial charge in [-0.05, 0) is 30.6 Å². The molecule has 0 aromatic heterocycles. The molecule has 3 N–H and O–H groups in total. The molecule has 1 saturated heterocycles. The van der Waals surface area contributed by atoms with Crippen LogP contribution in [0, 0.1) is 17.8 Å². The van der Waals surface area contributed by atoms with Gasteiger partial charge in [0.1, 0.15) is 0 Å². The number of carbonyl (C=O) groups excluding carboxylic acids is 1. The second-order valence-corrected chi connectivity index (χ2v) is 5.31. The van der Waals surface area contributed by atoms with Crippen molar-refractivity contribution in [1.29, 1.82) is 0 Å². The Kier molecular flexibility index (Phi) is 2.11. The molecule has 80 valence electrons. The van der Waals surface area contributed by atoms with Crippen molar-refractivity contribution in [1.82, 2.24) is 5.32 Å². The molecule has 3 heteroatoms. The third-order valence-electron chi connectivity index (χ3n) is 4.27. The van der Waals surface area contributed by atoms with Gasteiger partial charge in [0.2, 0.25) is 5.91 Å². The summed E-state index contributed by atoms with van der Waals surface area (Å²) in [4.78, 5) is 11.1. The summed E-state index contributed by atoms with van der Waals surface area (Å²) in [7, 11) is 0. The molecule has 1 heterocycles. The zero-order valence-corrected chi connectivity index (χ0v) is 9.21. The van der Waals surface area contributed by atoms with Crippen molar-refractivity contribution in [2.45, 2.75) is 45.2 Å². The van der Waals surface area contributed by atoms with Crippen LogP contribution in [-0.4, -0.2) is 17.5 Å². The average molecular weight is 196 g/mol. The highest BCUT2D eigenvalue weighted by atomic mass is 16.1. The Balaban J connectivity index is 2.05. The highest BCUT2D eigenvalue weighted by molar-refractivity contribution is 5.80. The topological polar surface area (TPSA) is 55.1 Å². The quantitative estimate of drug-likeness (QED) is 0.704. The molecule has 2 rings (SSSR count). The summed E-state index contributed by atoms with van der Waals surface area (Å²) in [5, 5.41) is 3.45. The van der Waals surface area contributed by atoms with Crippen molar-refractivity contribution >= 4 is 5.91 Å². The van der Waals surface area contributed by atoms with E-state index < -0.39 is 0 Å². The first-order valence-corrected chi connectivity index (χ1v) is 5.54. The first kappa shape index (κ1) is 9.97. The van der Waals surface area contributed by atoms with E-state index in [2.05, 4.69) is 26.1 Å². The Bertz CT molecular complexity index is 264. The maximum Gasteiger partial charge on any atom is 0.234 e. The molecular formula is C11H20N2O. The van der Waals surface area contributed by atoms with Crippen LogP contribution >= 0.6 is 0 Å². The van der Waals surface area contributed by atoms with Gasteiger partial charge in [0.05, 0.1) is 6.04 Å². The number of piperidine rings is 1. The zero-order chi connectivity index (χ0) is 10.5. The van der Waals surface area contributed by atoms with Crippen LogP contribution in [0.2, 0.25) is 0 Å². The van der Waals surface area contributed by atoms with Crippen LogP contribution in [0.1, 0.15) is 33.6 Å². The predicted octanol–water partition coefficient (Wildman–Crippen LogP) is 0.884. The monoisotopic (exact) mass is 196 g/mol. The van der Waals surface area contributed by atoms with E-state index in [9.17, 15) is 4.79 Å². The molecule has 1 aliphatic carbocycles. The number of carbonyl (C=O) groups is 1. The smallest absolute Gasteiger partial charge is 0.234 e. The summed E-state index contributed by atoms with van der Waals surface area (Å²) in [6.07, 6.45) is 2.18. The molecule has 1 aliphatic heterocycles. The zero-order valence-electron chi connectivity index (χ0n) is 9.21. The first-order chi connectivity index (χ1) is 6.47. The third kappa shape index (κ3) is 1.26. The normalized spacial score (nSPS) is 42.3. The molecule has 0 bridgehead atoms. The lowest BCUT2D eigenvalue weighted by atomic mass is 9.87. The summed E-state index contributed by atoms with van der Waals surface area (Å²) in [5.74, 6) is 1.81. The van der Waals surface area contributed by atoms with Crippen molar-refractivity contribution < 1.29 is 4.79 Å². The maximum absolute atomic E-state index is 11.1. The van der Waals surface area contributed by atoms with Crippen molar-refractivity contribution in [2.75, 3.05) is 0 Å². The number of amides is 1. The Morgan fingerprint density at radius 1 is 1.50 bits per heavy atom. The SMILES string of the molecule is CC(C)[C@@H](C)C12CC1CC(C(N)=O)N2. The summed E-state index contributed by atoms with van der Waals surface area (Å²) in [6.45, 7) is 6.77. The van der Waals surface area contributed by atoms with Crippen molar-refractivity contribution in [3.8, 4) is 0 Å². The number of primary amides is 1. The van der Waals surface area contributed by atoms with Gasteiger partial charge in [0, 0.05) is 5.54 Å². The van der Waals surface area contributed by atoms with Gasteiger partial charge in [-0.1, -0.05) is 20.8 Å². The molecular weight excluding hydrogens is 176 g/mol. The molecule has 0 aromatic rings. The van der Waals surface area contributed by atoms with Gasteiger partial charge in [0.25, 0.3) is 0 Å². The predicted molar refractivity (Wildman–Crippen MR) is 55.6 cm³/mol. The van der Waals surface area contributed by atoms with Crippen molar-refractivity contribution in [3.63, 3.8) is 0 Å². The highest BCUT2D eigenvalue weighted by Gasteiger charge is 2.63. The second-order valence-electron chi connectivity index (χ2n) is 5.31. The molecule has 2 fully saturated rings. The van der Waals surface area contributed by atoms with E-state index in [1.165, 1.54) is 6.42 Å². The van der Waals surface area contributed by atoms with E-state index in [0.717, 1.165) is 6.42 Å². The molecule has 0 radical (unpaired) electrons. The van der Waals surface area contributed by atoms with E-state index in [4.69, 9.17) is 5.73 Å². The molecule has 0 spiro atoms. The van der Waals surface area contributed by atoms with E-state index in [-0.39, 0.29) is 17.5 Å². The minimum atomic E-state index is -0.187. The van der Waals surface area contributed by atoms with Crippen LogP contribution < -0.4 is 11.1 Å². The molecule has 3 unspecified atom stereocenters. The van der Waals surface area contributed by atoms with Crippen LogP contribution in [0.4, 0.5) is 0 Å². The standard InChI is InChI=1S/C11H20N2O/c1-6(2)7(3)11-5-8(11)4-9(13-11)10(12)14/h6-9,13H,4-5H2,1-3H3,(H2,12,14)/t7-,8?,9?,11?/m1/s1. The van der Waals surface area contributed by atoms with Gasteiger partial charge in [-0.2, -0.15) is 0 Å². The summed E-state index contributed by atoms with van der Waals surface area (Å²) >= 11 is 0. The fourth-order valence-electron chi connectivity index (χ4n) is 2.96. The van der Waals surface area contributed by atoms with Crippen LogP contribution in [0.15, 0.2) is 0 Å². The van der Waals surface area contributed by atoms with Gasteiger partial charge >= 0.3 is 0 Å². The van der Waals surface area contributed by atoms with E-state index in [0.29, 0.717) is 17.8 Å².